The van der Waals surface area contributed by atoms with Gasteiger partial charge in [-0.05, 0) is 42.1 Å². The fourth-order valence-corrected chi connectivity index (χ4v) is 2.34. The van der Waals surface area contributed by atoms with Crippen molar-refractivity contribution in [1.82, 2.24) is 0 Å². The zero-order chi connectivity index (χ0) is 16.2. The van der Waals surface area contributed by atoms with E-state index in [-0.39, 0.29) is 12.4 Å². The van der Waals surface area contributed by atoms with Crippen molar-refractivity contribution in [2.24, 2.45) is 10.2 Å². The quantitative estimate of drug-likeness (QED) is 0.392. The molecule has 116 valence electrons. The molecule has 0 fully saturated rings. The highest BCUT2D eigenvalue weighted by atomic mass is 17.1. The largest absolute Gasteiger partial charge is 0.506 e. The molecule has 5 heteroatoms. The summed E-state index contributed by atoms with van der Waals surface area (Å²) in [5, 5.41) is 28.7. The van der Waals surface area contributed by atoms with Crippen molar-refractivity contribution < 1.29 is 15.3 Å². The van der Waals surface area contributed by atoms with Gasteiger partial charge in [0.1, 0.15) is 18.0 Å². The maximum atomic E-state index is 10.1. The molecule has 3 rings (SSSR count). The highest BCUT2D eigenvalue weighted by Gasteiger charge is 2.07. The summed E-state index contributed by atoms with van der Waals surface area (Å²) < 4.78 is 0. The van der Waals surface area contributed by atoms with Crippen LogP contribution in [0.25, 0.3) is 10.8 Å². The summed E-state index contributed by atoms with van der Waals surface area (Å²) in [5.74, 6) is 0.0690. The Kier molecular flexibility index (Phi) is 4.32. The molecule has 0 aromatic heterocycles. The number of aryl methyl sites for hydroxylation is 1. The van der Waals surface area contributed by atoms with Gasteiger partial charge in [-0.2, -0.15) is 5.11 Å². The van der Waals surface area contributed by atoms with Gasteiger partial charge in [0.15, 0.2) is 0 Å². The first-order chi connectivity index (χ1) is 11.2. The van der Waals surface area contributed by atoms with Gasteiger partial charge in [0.2, 0.25) is 0 Å². The second kappa shape index (κ2) is 6.56. The zero-order valence-corrected chi connectivity index (χ0v) is 12.6. The third-order valence-electron chi connectivity index (χ3n) is 3.57. The van der Waals surface area contributed by atoms with Gasteiger partial charge >= 0.3 is 0 Å². The summed E-state index contributed by atoms with van der Waals surface area (Å²) in [7, 11) is 0. The monoisotopic (exact) mass is 308 g/mol. The molecule has 0 saturated carbocycles. The van der Waals surface area contributed by atoms with Crippen molar-refractivity contribution in [3.63, 3.8) is 0 Å². The average Bonchev–Trinajstić information content (AvgIpc) is 2.56. The number of hydrogen-bond acceptors (Lipinski definition) is 5. The zero-order valence-electron chi connectivity index (χ0n) is 12.6. The van der Waals surface area contributed by atoms with E-state index >= 15 is 0 Å². The molecule has 0 spiro atoms. The summed E-state index contributed by atoms with van der Waals surface area (Å²) in [5.41, 5.74) is 3.11. The fourth-order valence-electron chi connectivity index (χ4n) is 2.34. The lowest BCUT2D eigenvalue weighted by Gasteiger charge is -2.06. The molecule has 0 amide bonds. The van der Waals surface area contributed by atoms with Crippen LogP contribution in [0.5, 0.6) is 5.75 Å². The molecular weight excluding hydrogens is 292 g/mol. The molecule has 5 nitrogen and oxygen atoms in total. The molecule has 3 aromatic carbocycles. The smallest absolute Gasteiger partial charge is 0.143 e. The number of azo groups is 1. The summed E-state index contributed by atoms with van der Waals surface area (Å²) >= 11 is 0. The Morgan fingerprint density at radius 3 is 2.48 bits per heavy atom. The van der Waals surface area contributed by atoms with Crippen molar-refractivity contribution in [3.05, 3.63) is 65.7 Å². The lowest BCUT2D eigenvalue weighted by atomic mass is 10.1. The van der Waals surface area contributed by atoms with Gasteiger partial charge in [0.25, 0.3) is 0 Å². The Labute approximate surface area is 133 Å². The number of nitrogens with zero attached hydrogens (tertiary/aromatic N) is 2. The van der Waals surface area contributed by atoms with Gasteiger partial charge in [-0.1, -0.05) is 35.9 Å². The van der Waals surface area contributed by atoms with Crippen LogP contribution in [0.2, 0.25) is 0 Å². The van der Waals surface area contributed by atoms with Gasteiger partial charge in [-0.3, -0.25) is 5.26 Å². The number of fused-ring (bicyclic) bond motifs is 1. The Balaban J connectivity index is 2.02. The van der Waals surface area contributed by atoms with E-state index in [1.807, 2.05) is 49.4 Å². The van der Waals surface area contributed by atoms with Crippen molar-refractivity contribution in [2.45, 2.75) is 13.5 Å². The Morgan fingerprint density at radius 2 is 1.74 bits per heavy atom. The van der Waals surface area contributed by atoms with Crippen LogP contribution >= 0.6 is 0 Å². The molecule has 0 heterocycles. The molecule has 0 aliphatic rings. The summed E-state index contributed by atoms with van der Waals surface area (Å²) in [4.78, 5) is 4.15. The predicted molar refractivity (Wildman–Crippen MR) is 88.4 cm³/mol. The SMILES string of the molecule is Cc1ccc(N=Nc2c(O)ccc3cc(COO)ccc23)cc1. The molecule has 3 aromatic rings. The van der Waals surface area contributed by atoms with E-state index in [4.69, 9.17) is 5.26 Å². The van der Waals surface area contributed by atoms with Gasteiger partial charge in [-0.25, -0.2) is 4.89 Å². The predicted octanol–water partition coefficient (Wildman–Crippen LogP) is 5.26. The molecule has 0 aliphatic carbocycles. The van der Waals surface area contributed by atoms with Crippen LogP contribution in [0.3, 0.4) is 0 Å². The maximum absolute atomic E-state index is 10.1. The van der Waals surface area contributed by atoms with Crippen LogP contribution in [0, 0.1) is 6.92 Å². The van der Waals surface area contributed by atoms with Crippen molar-refractivity contribution in [2.75, 3.05) is 0 Å². The first kappa shape index (κ1) is 15.1. The van der Waals surface area contributed by atoms with Gasteiger partial charge < -0.3 is 5.11 Å². The van der Waals surface area contributed by atoms with E-state index in [0.29, 0.717) is 5.69 Å². The molecule has 0 aliphatic heterocycles. The van der Waals surface area contributed by atoms with Crippen LogP contribution in [-0.4, -0.2) is 10.4 Å². The number of phenols is 1. The van der Waals surface area contributed by atoms with Crippen LogP contribution < -0.4 is 0 Å². The van der Waals surface area contributed by atoms with E-state index < -0.39 is 0 Å². The Hall–Kier alpha value is -2.76. The summed E-state index contributed by atoms with van der Waals surface area (Å²) in [6, 6.07) is 16.5. The minimum Gasteiger partial charge on any atom is -0.506 e. The van der Waals surface area contributed by atoms with Crippen LogP contribution in [-0.2, 0) is 11.5 Å². The first-order valence-electron chi connectivity index (χ1n) is 7.17. The van der Waals surface area contributed by atoms with Crippen LogP contribution in [0.1, 0.15) is 11.1 Å². The lowest BCUT2D eigenvalue weighted by Crippen LogP contribution is -1.87. The normalized spacial score (nSPS) is 11.4. The molecule has 0 radical (unpaired) electrons. The molecule has 0 unspecified atom stereocenters. The van der Waals surface area contributed by atoms with Crippen LogP contribution in [0.4, 0.5) is 11.4 Å². The van der Waals surface area contributed by atoms with Crippen molar-refractivity contribution in [1.29, 1.82) is 0 Å². The number of rotatable bonds is 4. The summed E-state index contributed by atoms with van der Waals surface area (Å²) in [6.45, 7) is 2.11. The molecule has 0 saturated heterocycles. The Bertz CT molecular complexity index is 858. The number of phenolic OH excluding ortho intramolecular Hbond substituents is 1. The van der Waals surface area contributed by atoms with E-state index in [9.17, 15) is 5.11 Å². The topological polar surface area (TPSA) is 74.4 Å². The second-order valence-electron chi connectivity index (χ2n) is 5.30. The van der Waals surface area contributed by atoms with Crippen molar-refractivity contribution in [3.8, 4) is 5.75 Å². The molecule has 0 bridgehead atoms. The first-order valence-corrected chi connectivity index (χ1v) is 7.17. The van der Waals surface area contributed by atoms with Gasteiger partial charge in [-0.15, -0.1) is 5.11 Å². The van der Waals surface area contributed by atoms with Gasteiger partial charge in [0, 0.05) is 5.39 Å². The lowest BCUT2D eigenvalue weighted by molar-refractivity contribution is -0.252. The average molecular weight is 308 g/mol. The van der Waals surface area contributed by atoms with Crippen LogP contribution in [0.15, 0.2) is 64.8 Å². The number of benzene rings is 3. The third-order valence-corrected chi connectivity index (χ3v) is 3.57. The molecule has 23 heavy (non-hydrogen) atoms. The Morgan fingerprint density at radius 1 is 0.957 bits per heavy atom. The minimum atomic E-state index is 0.0690. The fraction of sp³-hybridized carbons (Fsp3) is 0.111. The molecule has 0 atom stereocenters. The van der Waals surface area contributed by atoms with E-state index in [1.54, 1.807) is 12.1 Å². The standard InChI is InChI=1S/C18H16N2O3/c1-12-2-6-15(7-3-12)19-20-18-16-8-4-13(11-23-22)10-14(16)5-9-17(18)21/h2-10,21-22H,11H2,1H3. The maximum Gasteiger partial charge on any atom is 0.143 e. The van der Waals surface area contributed by atoms with Crippen molar-refractivity contribution >= 4 is 22.1 Å². The van der Waals surface area contributed by atoms with Gasteiger partial charge in [0.05, 0.1) is 5.69 Å². The van der Waals surface area contributed by atoms with E-state index in [1.165, 1.54) is 0 Å². The van der Waals surface area contributed by atoms with E-state index in [2.05, 4.69) is 15.1 Å². The summed E-state index contributed by atoms with van der Waals surface area (Å²) in [6.07, 6.45) is 0. The second-order valence-corrected chi connectivity index (χ2v) is 5.30. The molecular formula is C18H16N2O3. The minimum absolute atomic E-state index is 0.0690. The highest BCUT2D eigenvalue weighted by Crippen LogP contribution is 2.36. The number of hydrogen-bond donors (Lipinski definition) is 2. The third kappa shape index (κ3) is 3.36. The highest BCUT2D eigenvalue weighted by molar-refractivity contribution is 5.95. The number of aromatic hydroxyl groups is 1. The van der Waals surface area contributed by atoms with E-state index in [0.717, 1.165) is 27.6 Å². The molecule has 2 N–H and O–H groups in total.